The fraction of sp³-hybridized carbons (Fsp3) is 0.125. The Morgan fingerprint density at radius 3 is 2.81 bits per heavy atom. The first-order valence-corrected chi connectivity index (χ1v) is 7.44. The molecule has 0 spiro atoms. The fourth-order valence-electron chi connectivity index (χ4n) is 2.35. The Hall–Kier alpha value is -3.82. The summed E-state index contributed by atoms with van der Waals surface area (Å²) in [4.78, 5) is 34.8. The van der Waals surface area contributed by atoms with E-state index >= 15 is 0 Å². The van der Waals surface area contributed by atoms with Crippen LogP contribution in [-0.2, 0) is 11.3 Å². The summed E-state index contributed by atoms with van der Waals surface area (Å²) in [5.41, 5.74) is 0.0639. The average molecular weight is 355 g/mol. The van der Waals surface area contributed by atoms with Gasteiger partial charge in [-0.2, -0.15) is 0 Å². The van der Waals surface area contributed by atoms with Crippen molar-refractivity contribution in [2.45, 2.75) is 6.54 Å². The summed E-state index contributed by atoms with van der Waals surface area (Å²) in [5, 5.41) is 21.3. The Kier molecular flexibility index (Phi) is 4.56. The van der Waals surface area contributed by atoms with Gasteiger partial charge in [0.1, 0.15) is 17.8 Å². The minimum atomic E-state index is -0.571. The maximum Gasteiger partial charge on any atom is 0.278 e. The fourth-order valence-corrected chi connectivity index (χ4v) is 2.35. The van der Waals surface area contributed by atoms with Crippen molar-refractivity contribution in [1.29, 1.82) is 0 Å². The summed E-state index contributed by atoms with van der Waals surface area (Å²) in [6, 6.07) is 10.4. The van der Waals surface area contributed by atoms with Crippen molar-refractivity contribution < 1.29 is 14.5 Å². The van der Waals surface area contributed by atoms with Gasteiger partial charge in [-0.3, -0.25) is 19.7 Å². The van der Waals surface area contributed by atoms with Crippen LogP contribution in [0.1, 0.15) is 0 Å². The molecule has 0 aliphatic heterocycles. The second-order valence-corrected chi connectivity index (χ2v) is 5.26. The topological polar surface area (TPSA) is 129 Å². The van der Waals surface area contributed by atoms with E-state index in [0.717, 1.165) is 4.68 Å². The molecule has 2 aromatic carbocycles. The van der Waals surface area contributed by atoms with Gasteiger partial charge in [0, 0.05) is 6.07 Å². The van der Waals surface area contributed by atoms with Gasteiger partial charge < -0.3 is 10.1 Å². The van der Waals surface area contributed by atoms with Crippen LogP contribution in [0.3, 0.4) is 0 Å². The lowest BCUT2D eigenvalue weighted by Gasteiger charge is -2.10. The second kappa shape index (κ2) is 6.97. The summed E-state index contributed by atoms with van der Waals surface area (Å²) in [7, 11) is 1.33. The molecule has 0 unspecified atom stereocenters. The molecule has 3 aromatic rings. The third kappa shape index (κ3) is 3.34. The van der Waals surface area contributed by atoms with Gasteiger partial charge >= 0.3 is 0 Å². The van der Waals surface area contributed by atoms with Gasteiger partial charge in [0.25, 0.3) is 11.2 Å². The van der Waals surface area contributed by atoms with Crippen molar-refractivity contribution in [3.8, 4) is 5.75 Å². The number of carbonyl (C=O) groups is 1. The molecule has 0 radical (unpaired) electrons. The van der Waals surface area contributed by atoms with Crippen LogP contribution in [-0.4, -0.2) is 32.9 Å². The van der Waals surface area contributed by atoms with Crippen molar-refractivity contribution in [3.05, 3.63) is 62.9 Å². The Balaban J connectivity index is 1.82. The van der Waals surface area contributed by atoms with Gasteiger partial charge in [0.15, 0.2) is 0 Å². The second-order valence-electron chi connectivity index (χ2n) is 5.26. The minimum absolute atomic E-state index is 0.129. The number of nitro groups is 1. The van der Waals surface area contributed by atoms with E-state index in [1.807, 2.05) is 0 Å². The third-order valence-corrected chi connectivity index (χ3v) is 3.59. The molecule has 0 atom stereocenters. The number of amides is 1. The van der Waals surface area contributed by atoms with Gasteiger partial charge in [-0.05, 0) is 18.2 Å². The number of anilines is 1. The third-order valence-electron chi connectivity index (χ3n) is 3.59. The number of nitrogens with zero attached hydrogens (tertiary/aromatic N) is 4. The van der Waals surface area contributed by atoms with E-state index in [0.29, 0.717) is 10.9 Å². The zero-order chi connectivity index (χ0) is 18.7. The summed E-state index contributed by atoms with van der Waals surface area (Å²) < 4.78 is 5.99. The Bertz CT molecular complexity index is 1060. The highest BCUT2D eigenvalue weighted by Crippen LogP contribution is 2.28. The van der Waals surface area contributed by atoms with E-state index in [1.54, 1.807) is 24.3 Å². The minimum Gasteiger partial charge on any atom is -0.494 e. The maximum atomic E-state index is 12.3. The van der Waals surface area contributed by atoms with Crippen LogP contribution in [0.5, 0.6) is 5.75 Å². The summed E-state index contributed by atoms with van der Waals surface area (Å²) >= 11 is 0. The molecule has 132 valence electrons. The SMILES string of the molecule is COc1cc([N+](=O)[O-])ccc1NC(=O)Cn1nnc2ccccc2c1=O. The Morgan fingerprint density at radius 1 is 1.31 bits per heavy atom. The average Bonchev–Trinajstić information content (AvgIpc) is 2.64. The van der Waals surface area contributed by atoms with E-state index in [2.05, 4.69) is 15.6 Å². The number of hydrogen-bond donors (Lipinski definition) is 1. The molecule has 1 heterocycles. The molecule has 10 nitrogen and oxygen atoms in total. The molecule has 0 bridgehead atoms. The van der Waals surface area contributed by atoms with E-state index in [9.17, 15) is 19.7 Å². The first-order chi connectivity index (χ1) is 12.5. The molecule has 1 N–H and O–H groups in total. The number of non-ortho nitro benzene ring substituents is 1. The van der Waals surface area contributed by atoms with Crippen LogP contribution in [0.2, 0.25) is 0 Å². The van der Waals surface area contributed by atoms with Crippen LogP contribution < -0.4 is 15.6 Å². The molecule has 0 saturated carbocycles. The number of ether oxygens (including phenoxy) is 1. The number of nitro benzene ring substituents is 1. The lowest BCUT2D eigenvalue weighted by molar-refractivity contribution is -0.384. The molecule has 1 amide bonds. The van der Waals surface area contributed by atoms with E-state index < -0.39 is 16.4 Å². The van der Waals surface area contributed by atoms with Crippen molar-refractivity contribution in [1.82, 2.24) is 15.0 Å². The van der Waals surface area contributed by atoms with Crippen molar-refractivity contribution in [3.63, 3.8) is 0 Å². The molecule has 0 aliphatic rings. The lowest BCUT2D eigenvalue weighted by Crippen LogP contribution is -2.30. The van der Waals surface area contributed by atoms with E-state index in [1.165, 1.54) is 25.3 Å². The standard InChI is InChI=1S/C16H13N5O5/c1-26-14-8-10(21(24)25)6-7-13(14)17-15(22)9-20-16(23)11-4-2-3-5-12(11)18-19-20/h2-8H,9H2,1H3,(H,17,22). The molecule has 10 heteroatoms. The van der Waals surface area contributed by atoms with Crippen LogP contribution in [0.15, 0.2) is 47.3 Å². The smallest absolute Gasteiger partial charge is 0.278 e. The van der Waals surface area contributed by atoms with Gasteiger partial charge in [-0.25, -0.2) is 4.68 Å². The predicted molar refractivity (Wildman–Crippen MR) is 92.1 cm³/mol. The van der Waals surface area contributed by atoms with E-state index in [-0.39, 0.29) is 23.7 Å². The maximum absolute atomic E-state index is 12.3. The number of hydrogen-bond acceptors (Lipinski definition) is 7. The zero-order valence-corrected chi connectivity index (χ0v) is 13.6. The van der Waals surface area contributed by atoms with Gasteiger partial charge in [-0.1, -0.05) is 17.3 Å². The van der Waals surface area contributed by atoms with Gasteiger partial charge in [0.05, 0.1) is 29.2 Å². The first kappa shape index (κ1) is 17.0. The number of fused-ring (bicyclic) bond motifs is 1. The Labute approximate surface area is 146 Å². The molecular weight excluding hydrogens is 342 g/mol. The van der Waals surface area contributed by atoms with Crippen molar-refractivity contribution in [2.75, 3.05) is 12.4 Å². The zero-order valence-electron chi connectivity index (χ0n) is 13.6. The normalized spacial score (nSPS) is 10.5. The molecule has 1 aromatic heterocycles. The molecule has 0 saturated heterocycles. The predicted octanol–water partition coefficient (Wildman–Crippen LogP) is 1.35. The number of aromatic nitrogens is 3. The van der Waals surface area contributed by atoms with Crippen LogP contribution in [0.25, 0.3) is 10.9 Å². The molecule has 3 rings (SSSR count). The molecule has 26 heavy (non-hydrogen) atoms. The molecule has 0 aliphatic carbocycles. The number of carbonyl (C=O) groups excluding carboxylic acids is 1. The van der Waals surface area contributed by atoms with Gasteiger partial charge in [0.2, 0.25) is 5.91 Å². The number of benzene rings is 2. The Morgan fingerprint density at radius 2 is 2.08 bits per heavy atom. The van der Waals surface area contributed by atoms with Crippen molar-refractivity contribution >= 4 is 28.2 Å². The van der Waals surface area contributed by atoms with Crippen molar-refractivity contribution in [2.24, 2.45) is 0 Å². The number of methoxy groups -OCH3 is 1. The highest BCUT2D eigenvalue weighted by atomic mass is 16.6. The number of nitrogens with one attached hydrogen (secondary N) is 1. The largest absolute Gasteiger partial charge is 0.494 e. The number of rotatable bonds is 5. The highest BCUT2D eigenvalue weighted by Gasteiger charge is 2.15. The van der Waals surface area contributed by atoms with Crippen LogP contribution in [0.4, 0.5) is 11.4 Å². The molecule has 0 fully saturated rings. The van der Waals surface area contributed by atoms with Crippen LogP contribution in [0, 0.1) is 10.1 Å². The summed E-state index contributed by atoms with van der Waals surface area (Å²) in [6.07, 6.45) is 0. The summed E-state index contributed by atoms with van der Waals surface area (Å²) in [6.45, 7) is -0.364. The lowest BCUT2D eigenvalue weighted by atomic mass is 10.2. The first-order valence-electron chi connectivity index (χ1n) is 7.44. The molecular formula is C16H13N5O5. The van der Waals surface area contributed by atoms with E-state index in [4.69, 9.17) is 4.74 Å². The quantitative estimate of drug-likeness (QED) is 0.540. The monoisotopic (exact) mass is 355 g/mol. The van der Waals surface area contributed by atoms with Gasteiger partial charge in [-0.15, -0.1) is 5.10 Å². The highest BCUT2D eigenvalue weighted by molar-refractivity contribution is 5.92. The summed E-state index contributed by atoms with van der Waals surface area (Å²) in [5.74, 6) is -0.423. The van der Waals surface area contributed by atoms with Crippen LogP contribution >= 0.6 is 0 Å².